The predicted octanol–water partition coefficient (Wildman–Crippen LogP) is 0.597. The predicted molar refractivity (Wildman–Crippen MR) is 85.4 cm³/mol. The number of hydrogen-bond acceptors (Lipinski definition) is 6. The summed E-state index contributed by atoms with van der Waals surface area (Å²) in [7, 11) is -1.89. The van der Waals surface area contributed by atoms with Crippen molar-refractivity contribution < 1.29 is 8.42 Å². The standard InChI is InChI=1S/C14H20N6O2S/c1-11-17-13(10-19(11)2)23(21,22)16-9-12-5-6-15-14(18-12)20-7-3-4-8-20/h5-6,10,16H,3-4,7-9H2,1-2H3. The molecule has 0 saturated carbocycles. The Morgan fingerprint density at radius 2 is 2.00 bits per heavy atom. The number of imidazole rings is 1. The van der Waals surface area contributed by atoms with Crippen LogP contribution in [0.5, 0.6) is 0 Å². The van der Waals surface area contributed by atoms with Crippen molar-refractivity contribution in [3.05, 3.63) is 30.0 Å². The summed E-state index contributed by atoms with van der Waals surface area (Å²) in [4.78, 5) is 14.9. The molecule has 1 saturated heterocycles. The Bertz CT molecular complexity index is 776. The maximum atomic E-state index is 12.3. The first-order valence-electron chi connectivity index (χ1n) is 7.52. The zero-order chi connectivity index (χ0) is 16.4. The van der Waals surface area contributed by atoms with Gasteiger partial charge < -0.3 is 9.47 Å². The molecule has 0 atom stereocenters. The lowest BCUT2D eigenvalue weighted by Crippen LogP contribution is -2.25. The van der Waals surface area contributed by atoms with Crippen LogP contribution in [0.2, 0.25) is 0 Å². The van der Waals surface area contributed by atoms with E-state index in [9.17, 15) is 8.42 Å². The summed E-state index contributed by atoms with van der Waals surface area (Å²) in [5.74, 6) is 1.30. The number of rotatable bonds is 5. The first kappa shape index (κ1) is 15.9. The lowest BCUT2D eigenvalue weighted by molar-refractivity contribution is 0.577. The molecular formula is C14H20N6O2S. The molecule has 0 bridgehead atoms. The molecule has 3 rings (SSSR count). The van der Waals surface area contributed by atoms with Gasteiger partial charge in [0.05, 0.1) is 12.2 Å². The number of sulfonamides is 1. The van der Waals surface area contributed by atoms with Gasteiger partial charge in [0.1, 0.15) is 5.82 Å². The van der Waals surface area contributed by atoms with Crippen molar-refractivity contribution in [1.29, 1.82) is 0 Å². The highest BCUT2D eigenvalue weighted by molar-refractivity contribution is 7.89. The number of aryl methyl sites for hydroxylation is 2. The zero-order valence-corrected chi connectivity index (χ0v) is 14.0. The second kappa shape index (κ2) is 6.25. The lowest BCUT2D eigenvalue weighted by Gasteiger charge is -2.15. The van der Waals surface area contributed by atoms with E-state index in [1.54, 1.807) is 30.8 Å². The number of hydrogen-bond donors (Lipinski definition) is 1. The minimum atomic E-state index is -3.65. The van der Waals surface area contributed by atoms with E-state index in [0.717, 1.165) is 25.9 Å². The van der Waals surface area contributed by atoms with Crippen molar-refractivity contribution in [2.24, 2.45) is 7.05 Å². The molecule has 8 nitrogen and oxygen atoms in total. The fourth-order valence-corrected chi connectivity index (χ4v) is 3.49. The molecule has 1 N–H and O–H groups in total. The first-order chi connectivity index (χ1) is 11.0. The van der Waals surface area contributed by atoms with Gasteiger partial charge >= 0.3 is 0 Å². The normalized spacial score (nSPS) is 15.3. The van der Waals surface area contributed by atoms with E-state index in [1.165, 1.54) is 6.20 Å². The van der Waals surface area contributed by atoms with Crippen LogP contribution in [-0.4, -0.2) is 41.0 Å². The first-order valence-corrected chi connectivity index (χ1v) is 9.00. The van der Waals surface area contributed by atoms with Crippen molar-refractivity contribution in [1.82, 2.24) is 24.2 Å². The SMILES string of the molecule is Cc1nc(S(=O)(=O)NCc2ccnc(N3CCCC3)n2)cn1C. The maximum Gasteiger partial charge on any atom is 0.259 e. The average Bonchev–Trinajstić information content (AvgIpc) is 3.17. The van der Waals surface area contributed by atoms with Crippen molar-refractivity contribution in [3.8, 4) is 0 Å². The zero-order valence-electron chi connectivity index (χ0n) is 13.2. The van der Waals surface area contributed by atoms with Gasteiger partial charge in [0, 0.05) is 32.5 Å². The Morgan fingerprint density at radius 3 is 2.65 bits per heavy atom. The van der Waals surface area contributed by atoms with E-state index in [1.807, 2.05) is 0 Å². The Balaban J connectivity index is 1.71. The molecule has 2 aromatic rings. The van der Waals surface area contributed by atoms with Gasteiger partial charge in [-0.1, -0.05) is 0 Å². The fraction of sp³-hybridized carbons (Fsp3) is 0.500. The smallest absolute Gasteiger partial charge is 0.259 e. The molecule has 124 valence electrons. The molecular weight excluding hydrogens is 316 g/mol. The summed E-state index contributed by atoms with van der Waals surface area (Å²) >= 11 is 0. The Hall–Kier alpha value is -2.00. The minimum absolute atomic E-state index is 0.0197. The van der Waals surface area contributed by atoms with Crippen molar-refractivity contribution in [2.75, 3.05) is 18.0 Å². The molecule has 0 aromatic carbocycles. The van der Waals surface area contributed by atoms with Gasteiger partial charge in [-0.05, 0) is 25.8 Å². The van der Waals surface area contributed by atoms with Crippen LogP contribution in [0.15, 0.2) is 23.5 Å². The molecule has 3 heterocycles. The van der Waals surface area contributed by atoms with E-state index in [2.05, 4.69) is 24.6 Å². The van der Waals surface area contributed by atoms with E-state index in [4.69, 9.17) is 0 Å². The number of aromatic nitrogens is 4. The average molecular weight is 336 g/mol. The minimum Gasteiger partial charge on any atom is -0.341 e. The molecule has 23 heavy (non-hydrogen) atoms. The fourth-order valence-electron chi connectivity index (χ4n) is 2.45. The van der Waals surface area contributed by atoms with Gasteiger partial charge in [-0.25, -0.2) is 28.1 Å². The molecule has 0 radical (unpaired) electrons. The van der Waals surface area contributed by atoms with Gasteiger partial charge in [-0.3, -0.25) is 0 Å². The molecule has 1 fully saturated rings. The van der Waals surface area contributed by atoms with Gasteiger partial charge in [0.25, 0.3) is 10.0 Å². The van der Waals surface area contributed by atoms with Gasteiger partial charge in [-0.2, -0.15) is 0 Å². The maximum absolute atomic E-state index is 12.3. The van der Waals surface area contributed by atoms with Gasteiger partial charge in [0.2, 0.25) is 5.95 Å². The highest BCUT2D eigenvalue weighted by Crippen LogP contribution is 2.15. The van der Waals surface area contributed by atoms with Crippen LogP contribution in [0.25, 0.3) is 0 Å². The Kier molecular flexibility index (Phi) is 4.31. The Morgan fingerprint density at radius 1 is 1.26 bits per heavy atom. The van der Waals surface area contributed by atoms with E-state index < -0.39 is 10.0 Å². The second-order valence-electron chi connectivity index (χ2n) is 5.60. The monoisotopic (exact) mass is 336 g/mol. The van der Waals surface area contributed by atoms with Crippen LogP contribution in [0.1, 0.15) is 24.4 Å². The topological polar surface area (TPSA) is 93.0 Å². The molecule has 0 aliphatic carbocycles. The molecule has 0 amide bonds. The van der Waals surface area contributed by atoms with Crippen LogP contribution >= 0.6 is 0 Å². The number of anilines is 1. The third-order valence-corrected chi connectivity index (χ3v) is 5.17. The molecule has 0 unspecified atom stereocenters. The number of nitrogens with zero attached hydrogens (tertiary/aromatic N) is 5. The van der Waals surface area contributed by atoms with Gasteiger partial charge in [0.15, 0.2) is 5.03 Å². The summed E-state index contributed by atoms with van der Waals surface area (Å²) in [6, 6.07) is 1.71. The third kappa shape index (κ3) is 3.50. The largest absolute Gasteiger partial charge is 0.341 e. The van der Waals surface area contributed by atoms with E-state index in [0.29, 0.717) is 17.5 Å². The molecule has 9 heteroatoms. The highest BCUT2D eigenvalue weighted by Gasteiger charge is 2.19. The van der Waals surface area contributed by atoms with Crippen molar-refractivity contribution >= 4 is 16.0 Å². The van der Waals surface area contributed by atoms with E-state index in [-0.39, 0.29) is 11.6 Å². The Labute approximate surface area is 135 Å². The summed E-state index contributed by atoms with van der Waals surface area (Å²) in [5.41, 5.74) is 0.637. The summed E-state index contributed by atoms with van der Waals surface area (Å²) in [6.07, 6.45) is 5.43. The summed E-state index contributed by atoms with van der Waals surface area (Å²) < 4.78 is 28.8. The van der Waals surface area contributed by atoms with E-state index >= 15 is 0 Å². The summed E-state index contributed by atoms with van der Waals surface area (Å²) in [6.45, 7) is 3.76. The molecule has 0 spiro atoms. The summed E-state index contributed by atoms with van der Waals surface area (Å²) in [5, 5.41) is 0.0197. The third-order valence-electron chi connectivity index (χ3n) is 3.89. The van der Waals surface area contributed by atoms with Gasteiger partial charge in [-0.15, -0.1) is 0 Å². The number of nitrogens with one attached hydrogen (secondary N) is 1. The highest BCUT2D eigenvalue weighted by atomic mass is 32.2. The van der Waals surface area contributed by atoms with Crippen LogP contribution < -0.4 is 9.62 Å². The van der Waals surface area contributed by atoms with Crippen molar-refractivity contribution in [2.45, 2.75) is 31.3 Å². The van der Waals surface area contributed by atoms with Crippen LogP contribution in [-0.2, 0) is 23.6 Å². The quantitative estimate of drug-likeness (QED) is 0.859. The molecule has 2 aromatic heterocycles. The van der Waals surface area contributed by atoms with Crippen molar-refractivity contribution in [3.63, 3.8) is 0 Å². The van der Waals surface area contributed by atoms with Crippen LogP contribution in [0, 0.1) is 6.92 Å². The van der Waals surface area contributed by atoms with Crippen LogP contribution in [0.3, 0.4) is 0 Å². The lowest BCUT2D eigenvalue weighted by atomic mass is 10.4. The second-order valence-corrected chi connectivity index (χ2v) is 7.32. The molecule has 1 aliphatic rings. The molecule has 1 aliphatic heterocycles. The van der Waals surface area contributed by atoms with Crippen LogP contribution in [0.4, 0.5) is 5.95 Å².